The minimum absolute atomic E-state index is 0.00981. The predicted octanol–water partition coefficient (Wildman–Crippen LogP) is 2.11. The fourth-order valence-corrected chi connectivity index (χ4v) is 1.84. The van der Waals surface area contributed by atoms with E-state index in [4.69, 9.17) is 4.74 Å². The van der Waals surface area contributed by atoms with Crippen molar-refractivity contribution < 1.29 is 9.53 Å². The average Bonchev–Trinajstić information content (AvgIpc) is 1.98. The summed E-state index contributed by atoms with van der Waals surface area (Å²) >= 11 is 0. The summed E-state index contributed by atoms with van der Waals surface area (Å²) in [5.74, 6) is 0.107. The standard InChI is InChI=1S/C12H23NO2/c1-12(2,3)15-11(14)10-6-4-8-13-9-5-7-10/h10,13H,4-9H2,1-3H3. The molecule has 0 unspecified atom stereocenters. The molecule has 1 fully saturated rings. The molecule has 1 saturated heterocycles. The van der Waals surface area contributed by atoms with Gasteiger partial charge in [-0.25, -0.2) is 0 Å². The van der Waals surface area contributed by atoms with E-state index >= 15 is 0 Å². The largest absolute Gasteiger partial charge is 0.460 e. The van der Waals surface area contributed by atoms with Crippen LogP contribution in [-0.2, 0) is 9.53 Å². The van der Waals surface area contributed by atoms with Gasteiger partial charge >= 0.3 is 5.97 Å². The van der Waals surface area contributed by atoms with Crippen LogP contribution in [-0.4, -0.2) is 24.7 Å². The quantitative estimate of drug-likeness (QED) is 0.678. The maximum atomic E-state index is 11.8. The molecule has 1 N–H and O–H groups in total. The highest BCUT2D eigenvalue weighted by molar-refractivity contribution is 5.72. The summed E-state index contributed by atoms with van der Waals surface area (Å²) < 4.78 is 5.41. The monoisotopic (exact) mass is 213 g/mol. The van der Waals surface area contributed by atoms with E-state index in [1.165, 1.54) is 0 Å². The van der Waals surface area contributed by atoms with Crippen molar-refractivity contribution in [3.05, 3.63) is 0 Å². The molecule has 0 aromatic heterocycles. The van der Waals surface area contributed by atoms with Crippen molar-refractivity contribution in [3.8, 4) is 0 Å². The smallest absolute Gasteiger partial charge is 0.309 e. The predicted molar refractivity (Wildman–Crippen MR) is 60.7 cm³/mol. The molecule has 0 amide bonds. The van der Waals surface area contributed by atoms with Crippen molar-refractivity contribution in [3.63, 3.8) is 0 Å². The van der Waals surface area contributed by atoms with E-state index in [-0.39, 0.29) is 17.5 Å². The van der Waals surface area contributed by atoms with E-state index in [1.54, 1.807) is 0 Å². The second-order valence-electron chi connectivity index (χ2n) is 5.26. The van der Waals surface area contributed by atoms with Crippen LogP contribution in [0.3, 0.4) is 0 Å². The second-order valence-corrected chi connectivity index (χ2v) is 5.26. The number of esters is 1. The molecule has 1 aliphatic rings. The van der Waals surface area contributed by atoms with Crippen LogP contribution in [0.4, 0.5) is 0 Å². The highest BCUT2D eigenvalue weighted by Gasteiger charge is 2.24. The van der Waals surface area contributed by atoms with Crippen LogP contribution in [0.5, 0.6) is 0 Å². The maximum Gasteiger partial charge on any atom is 0.309 e. The summed E-state index contributed by atoms with van der Waals surface area (Å²) in [6, 6.07) is 0. The molecule has 15 heavy (non-hydrogen) atoms. The first-order valence-corrected chi connectivity index (χ1v) is 5.92. The van der Waals surface area contributed by atoms with E-state index in [9.17, 15) is 4.79 Å². The molecule has 0 aromatic carbocycles. The SMILES string of the molecule is CC(C)(C)OC(=O)C1CCCNCCC1. The molecule has 1 rings (SSSR count). The van der Waals surface area contributed by atoms with Crippen molar-refractivity contribution in [1.82, 2.24) is 5.32 Å². The Hall–Kier alpha value is -0.570. The lowest BCUT2D eigenvalue weighted by Crippen LogP contribution is -2.31. The third-order valence-electron chi connectivity index (χ3n) is 2.55. The van der Waals surface area contributed by atoms with Crippen molar-refractivity contribution in [2.45, 2.75) is 52.1 Å². The van der Waals surface area contributed by atoms with Gasteiger partial charge in [-0.15, -0.1) is 0 Å². The lowest BCUT2D eigenvalue weighted by Gasteiger charge is -2.25. The fourth-order valence-electron chi connectivity index (χ4n) is 1.84. The van der Waals surface area contributed by atoms with Gasteiger partial charge in [-0.2, -0.15) is 0 Å². The van der Waals surface area contributed by atoms with Crippen molar-refractivity contribution in [2.75, 3.05) is 13.1 Å². The van der Waals surface area contributed by atoms with Gasteiger partial charge in [-0.1, -0.05) is 0 Å². The van der Waals surface area contributed by atoms with Gasteiger partial charge < -0.3 is 10.1 Å². The van der Waals surface area contributed by atoms with Gasteiger partial charge in [0.15, 0.2) is 0 Å². The van der Waals surface area contributed by atoms with Gasteiger partial charge in [0.1, 0.15) is 5.60 Å². The first-order valence-electron chi connectivity index (χ1n) is 5.92. The number of hydrogen-bond acceptors (Lipinski definition) is 3. The molecule has 1 heterocycles. The molecular formula is C12H23NO2. The van der Waals surface area contributed by atoms with Crippen LogP contribution < -0.4 is 5.32 Å². The molecule has 3 heteroatoms. The molecular weight excluding hydrogens is 190 g/mol. The highest BCUT2D eigenvalue weighted by atomic mass is 16.6. The number of hydrogen-bond donors (Lipinski definition) is 1. The van der Waals surface area contributed by atoms with Crippen molar-refractivity contribution in [1.29, 1.82) is 0 Å². The van der Waals surface area contributed by atoms with Gasteiger partial charge in [-0.05, 0) is 59.5 Å². The number of ether oxygens (including phenoxy) is 1. The second kappa shape index (κ2) is 5.50. The van der Waals surface area contributed by atoms with E-state index < -0.39 is 0 Å². The molecule has 0 bridgehead atoms. The van der Waals surface area contributed by atoms with Crippen LogP contribution in [0.25, 0.3) is 0 Å². The summed E-state index contributed by atoms with van der Waals surface area (Å²) in [6.07, 6.45) is 4.07. The lowest BCUT2D eigenvalue weighted by atomic mass is 9.96. The summed E-state index contributed by atoms with van der Waals surface area (Å²) in [6.45, 7) is 7.83. The van der Waals surface area contributed by atoms with Crippen LogP contribution in [0.2, 0.25) is 0 Å². The van der Waals surface area contributed by atoms with E-state index in [0.717, 1.165) is 38.8 Å². The zero-order valence-corrected chi connectivity index (χ0v) is 10.1. The highest BCUT2D eigenvalue weighted by Crippen LogP contribution is 2.20. The van der Waals surface area contributed by atoms with Crippen LogP contribution in [0, 0.1) is 5.92 Å². The third-order valence-corrected chi connectivity index (χ3v) is 2.55. The Labute approximate surface area is 92.6 Å². The zero-order valence-electron chi connectivity index (χ0n) is 10.1. The fraction of sp³-hybridized carbons (Fsp3) is 0.917. The number of carbonyl (C=O) groups excluding carboxylic acids is 1. The topological polar surface area (TPSA) is 38.3 Å². The zero-order chi connectivity index (χ0) is 11.3. The van der Waals surface area contributed by atoms with Gasteiger partial charge in [0.05, 0.1) is 5.92 Å². The molecule has 0 aliphatic carbocycles. The minimum atomic E-state index is -0.350. The average molecular weight is 213 g/mol. The first-order chi connectivity index (χ1) is 6.99. The number of carbonyl (C=O) groups is 1. The Morgan fingerprint density at radius 2 is 1.73 bits per heavy atom. The molecule has 0 atom stereocenters. The molecule has 0 spiro atoms. The van der Waals surface area contributed by atoms with Gasteiger partial charge in [-0.3, -0.25) is 4.79 Å². The Balaban J connectivity index is 2.42. The molecule has 0 aromatic rings. The van der Waals surface area contributed by atoms with Crippen LogP contribution >= 0.6 is 0 Å². The summed E-state index contributed by atoms with van der Waals surface area (Å²) in [5.41, 5.74) is -0.350. The molecule has 0 saturated carbocycles. The van der Waals surface area contributed by atoms with Crippen LogP contribution in [0.15, 0.2) is 0 Å². The summed E-state index contributed by atoms with van der Waals surface area (Å²) in [4.78, 5) is 11.8. The normalized spacial score (nSPS) is 20.5. The summed E-state index contributed by atoms with van der Waals surface area (Å²) in [5, 5.41) is 3.34. The van der Waals surface area contributed by atoms with E-state index in [1.807, 2.05) is 20.8 Å². The lowest BCUT2D eigenvalue weighted by molar-refractivity contribution is -0.160. The van der Waals surface area contributed by atoms with Crippen molar-refractivity contribution >= 4 is 5.97 Å². The number of nitrogens with one attached hydrogen (secondary N) is 1. The van der Waals surface area contributed by atoms with Gasteiger partial charge in [0.25, 0.3) is 0 Å². The Morgan fingerprint density at radius 3 is 2.20 bits per heavy atom. The minimum Gasteiger partial charge on any atom is -0.460 e. The van der Waals surface area contributed by atoms with Crippen molar-refractivity contribution in [2.24, 2.45) is 5.92 Å². The molecule has 3 nitrogen and oxygen atoms in total. The van der Waals surface area contributed by atoms with Crippen LogP contribution in [0.1, 0.15) is 46.5 Å². The van der Waals surface area contributed by atoms with E-state index in [2.05, 4.69) is 5.32 Å². The molecule has 0 radical (unpaired) electrons. The van der Waals surface area contributed by atoms with E-state index in [0.29, 0.717) is 0 Å². The Kier molecular flexibility index (Phi) is 4.58. The van der Waals surface area contributed by atoms with Gasteiger partial charge in [0, 0.05) is 0 Å². The Morgan fingerprint density at radius 1 is 1.20 bits per heavy atom. The van der Waals surface area contributed by atoms with Gasteiger partial charge in [0.2, 0.25) is 0 Å². The first kappa shape index (κ1) is 12.5. The maximum absolute atomic E-state index is 11.8. The molecule has 88 valence electrons. The third kappa shape index (κ3) is 5.17. The molecule has 1 aliphatic heterocycles. The Bertz CT molecular complexity index is 200. The number of rotatable bonds is 1. The summed E-state index contributed by atoms with van der Waals surface area (Å²) in [7, 11) is 0.